The summed E-state index contributed by atoms with van der Waals surface area (Å²) in [4.78, 5) is 4.20. The number of nitrogens with zero attached hydrogens (tertiary/aromatic N) is 2. The molecule has 1 fully saturated rings. The third-order valence-corrected chi connectivity index (χ3v) is 3.35. The zero-order chi connectivity index (χ0) is 12.8. The molecule has 6 heteroatoms. The Kier molecular flexibility index (Phi) is 2.60. The molecule has 2 N–H and O–H groups in total. The van der Waals surface area contributed by atoms with E-state index in [4.69, 9.17) is 21.9 Å². The van der Waals surface area contributed by atoms with Crippen molar-refractivity contribution in [3.8, 4) is 0 Å². The first-order valence-corrected chi connectivity index (χ1v) is 6.01. The SMILES string of the molecule is NC1(c2nc(Cc3cccc(Cl)c3F)no2)CC1. The van der Waals surface area contributed by atoms with Crippen LogP contribution in [0.2, 0.25) is 5.02 Å². The van der Waals surface area contributed by atoms with Crippen molar-refractivity contribution in [3.63, 3.8) is 0 Å². The van der Waals surface area contributed by atoms with E-state index in [2.05, 4.69) is 10.1 Å². The highest BCUT2D eigenvalue weighted by Gasteiger charge is 2.45. The third-order valence-electron chi connectivity index (χ3n) is 3.06. The van der Waals surface area contributed by atoms with Gasteiger partial charge in [0.25, 0.3) is 0 Å². The van der Waals surface area contributed by atoms with Gasteiger partial charge in [-0.05, 0) is 24.5 Å². The van der Waals surface area contributed by atoms with E-state index in [0.29, 0.717) is 17.3 Å². The maximum absolute atomic E-state index is 13.7. The van der Waals surface area contributed by atoms with Crippen molar-refractivity contribution in [1.82, 2.24) is 10.1 Å². The minimum absolute atomic E-state index is 0.0914. The second kappa shape index (κ2) is 4.03. The second-order valence-electron chi connectivity index (χ2n) is 4.56. The van der Waals surface area contributed by atoms with Gasteiger partial charge in [0, 0.05) is 6.42 Å². The minimum atomic E-state index is -0.460. The molecule has 0 spiro atoms. The molecule has 0 aliphatic heterocycles. The number of aromatic nitrogens is 2. The quantitative estimate of drug-likeness (QED) is 0.927. The molecule has 1 saturated carbocycles. The summed E-state index contributed by atoms with van der Waals surface area (Å²) in [5.74, 6) is 0.405. The summed E-state index contributed by atoms with van der Waals surface area (Å²) in [6.45, 7) is 0. The van der Waals surface area contributed by atoms with Crippen molar-refractivity contribution >= 4 is 11.6 Å². The first-order valence-electron chi connectivity index (χ1n) is 5.63. The molecule has 94 valence electrons. The van der Waals surface area contributed by atoms with Crippen LogP contribution in [0.25, 0.3) is 0 Å². The van der Waals surface area contributed by atoms with Gasteiger partial charge in [0.15, 0.2) is 5.82 Å². The van der Waals surface area contributed by atoms with Gasteiger partial charge in [-0.2, -0.15) is 4.98 Å². The Morgan fingerprint density at radius 3 is 2.94 bits per heavy atom. The fourth-order valence-corrected chi connectivity index (χ4v) is 1.93. The number of nitrogens with two attached hydrogens (primary N) is 1. The van der Waals surface area contributed by atoms with E-state index in [1.807, 2.05) is 0 Å². The first kappa shape index (κ1) is 11.6. The molecule has 4 nitrogen and oxygen atoms in total. The molecule has 18 heavy (non-hydrogen) atoms. The summed E-state index contributed by atoms with van der Waals surface area (Å²) >= 11 is 5.71. The molecule has 1 aliphatic rings. The van der Waals surface area contributed by atoms with Crippen LogP contribution in [0.1, 0.15) is 30.1 Å². The molecule has 1 heterocycles. The molecule has 2 aromatic rings. The summed E-state index contributed by atoms with van der Waals surface area (Å²) in [6.07, 6.45) is 1.94. The number of hydrogen-bond acceptors (Lipinski definition) is 4. The minimum Gasteiger partial charge on any atom is -0.337 e. The van der Waals surface area contributed by atoms with Crippen LogP contribution in [0.15, 0.2) is 22.7 Å². The van der Waals surface area contributed by atoms with Gasteiger partial charge in [-0.1, -0.05) is 28.9 Å². The summed E-state index contributed by atoms with van der Waals surface area (Å²) in [5.41, 5.74) is 5.92. The van der Waals surface area contributed by atoms with E-state index >= 15 is 0 Å². The van der Waals surface area contributed by atoms with Gasteiger partial charge in [-0.3, -0.25) is 0 Å². The Labute approximate surface area is 108 Å². The van der Waals surface area contributed by atoms with E-state index in [0.717, 1.165) is 12.8 Å². The predicted octanol–water partition coefficient (Wildman–Crippen LogP) is 2.40. The predicted molar refractivity (Wildman–Crippen MR) is 63.6 cm³/mol. The van der Waals surface area contributed by atoms with Crippen LogP contribution in [-0.2, 0) is 12.0 Å². The lowest BCUT2D eigenvalue weighted by Crippen LogP contribution is -2.19. The van der Waals surface area contributed by atoms with Crippen LogP contribution in [-0.4, -0.2) is 10.1 Å². The molecule has 0 amide bonds. The van der Waals surface area contributed by atoms with Gasteiger partial charge in [0.2, 0.25) is 5.89 Å². The Morgan fingerprint density at radius 1 is 1.44 bits per heavy atom. The smallest absolute Gasteiger partial charge is 0.246 e. The van der Waals surface area contributed by atoms with Gasteiger partial charge in [0.1, 0.15) is 5.82 Å². The summed E-state index contributed by atoms with van der Waals surface area (Å²) < 4.78 is 18.8. The lowest BCUT2D eigenvalue weighted by molar-refractivity contribution is 0.344. The van der Waals surface area contributed by atoms with E-state index in [9.17, 15) is 4.39 Å². The Hall–Kier alpha value is -1.46. The molecule has 3 rings (SSSR count). The highest BCUT2D eigenvalue weighted by molar-refractivity contribution is 6.30. The zero-order valence-corrected chi connectivity index (χ0v) is 10.2. The summed E-state index contributed by atoms with van der Waals surface area (Å²) in [5, 5.41) is 3.90. The van der Waals surface area contributed by atoms with Crippen LogP contribution in [0.4, 0.5) is 4.39 Å². The van der Waals surface area contributed by atoms with Crippen LogP contribution in [0, 0.1) is 5.82 Å². The van der Waals surface area contributed by atoms with Crippen molar-refractivity contribution in [2.45, 2.75) is 24.8 Å². The number of hydrogen-bond donors (Lipinski definition) is 1. The lowest BCUT2D eigenvalue weighted by Gasteiger charge is -2.01. The van der Waals surface area contributed by atoms with E-state index < -0.39 is 11.4 Å². The van der Waals surface area contributed by atoms with E-state index in [1.54, 1.807) is 12.1 Å². The fourth-order valence-electron chi connectivity index (χ4n) is 1.73. The van der Waals surface area contributed by atoms with Crippen molar-refractivity contribution < 1.29 is 8.91 Å². The summed E-state index contributed by atoms with van der Waals surface area (Å²) in [6, 6.07) is 4.83. The van der Waals surface area contributed by atoms with Crippen molar-refractivity contribution in [1.29, 1.82) is 0 Å². The molecule has 1 aromatic carbocycles. The highest BCUT2D eigenvalue weighted by Crippen LogP contribution is 2.41. The Bertz CT molecular complexity index is 595. The molecular weight excluding hydrogens is 257 g/mol. The van der Waals surface area contributed by atoms with Gasteiger partial charge in [-0.15, -0.1) is 0 Å². The second-order valence-corrected chi connectivity index (χ2v) is 4.97. The van der Waals surface area contributed by atoms with Crippen LogP contribution < -0.4 is 5.73 Å². The monoisotopic (exact) mass is 267 g/mol. The number of rotatable bonds is 3. The highest BCUT2D eigenvalue weighted by atomic mass is 35.5. The topological polar surface area (TPSA) is 64.9 Å². The molecule has 1 aromatic heterocycles. The Balaban J connectivity index is 1.84. The third kappa shape index (κ3) is 2.00. The number of halogens is 2. The first-order chi connectivity index (χ1) is 8.58. The molecule has 1 aliphatic carbocycles. The molecule has 0 unspecified atom stereocenters. The maximum Gasteiger partial charge on any atom is 0.246 e. The standard InChI is InChI=1S/C12H11ClFN3O/c13-8-3-1-2-7(10(8)14)6-9-16-11(18-17-9)12(15)4-5-12/h1-3H,4-6,15H2. The van der Waals surface area contributed by atoms with E-state index in [1.165, 1.54) is 6.07 Å². The zero-order valence-electron chi connectivity index (χ0n) is 9.49. The maximum atomic E-state index is 13.7. The summed E-state index contributed by atoms with van der Waals surface area (Å²) in [7, 11) is 0. The molecular formula is C12H11ClFN3O. The fraction of sp³-hybridized carbons (Fsp3) is 0.333. The normalized spacial score (nSPS) is 16.8. The van der Waals surface area contributed by atoms with Crippen molar-refractivity contribution in [2.24, 2.45) is 5.73 Å². The average Bonchev–Trinajstić information content (AvgIpc) is 2.91. The molecule has 0 radical (unpaired) electrons. The van der Waals surface area contributed by atoms with Gasteiger partial charge >= 0.3 is 0 Å². The van der Waals surface area contributed by atoms with Crippen LogP contribution >= 0.6 is 11.6 Å². The van der Waals surface area contributed by atoms with E-state index in [-0.39, 0.29) is 11.4 Å². The Morgan fingerprint density at radius 2 is 2.22 bits per heavy atom. The van der Waals surface area contributed by atoms with Crippen LogP contribution in [0.3, 0.4) is 0 Å². The largest absolute Gasteiger partial charge is 0.337 e. The number of benzene rings is 1. The van der Waals surface area contributed by atoms with Gasteiger partial charge in [-0.25, -0.2) is 4.39 Å². The molecule has 0 saturated heterocycles. The van der Waals surface area contributed by atoms with Crippen molar-refractivity contribution in [2.75, 3.05) is 0 Å². The van der Waals surface area contributed by atoms with Crippen molar-refractivity contribution in [3.05, 3.63) is 46.3 Å². The van der Waals surface area contributed by atoms with Gasteiger partial charge in [0.05, 0.1) is 10.6 Å². The van der Waals surface area contributed by atoms with Gasteiger partial charge < -0.3 is 10.3 Å². The molecule has 0 atom stereocenters. The lowest BCUT2D eigenvalue weighted by atomic mass is 10.1. The van der Waals surface area contributed by atoms with Crippen LogP contribution in [0.5, 0.6) is 0 Å². The molecule has 0 bridgehead atoms. The average molecular weight is 268 g/mol.